The molecule has 1 aromatic rings. The highest BCUT2D eigenvalue weighted by Crippen LogP contribution is 2.04. The maximum Gasteiger partial charge on any atom is 0.251 e. The number of nitrogens with two attached hydrogens (primary N) is 1. The van der Waals surface area contributed by atoms with Crippen LogP contribution in [-0.2, 0) is 23.9 Å². The molecule has 1 aromatic carbocycles. The number of ketones is 1. The smallest absolute Gasteiger partial charge is 0.251 e. The number of Topliss-reactive ketones (excluding diaryl/α,β-unsaturated/α-hetero) is 1. The third-order valence-corrected chi connectivity index (χ3v) is 5.08. The van der Waals surface area contributed by atoms with E-state index in [0.717, 1.165) is 12.0 Å². The molecule has 0 saturated carbocycles. The van der Waals surface area contributed by atoms with E-state index >= 15 is 0 Å². The largest absolute Gasteiger partial charge is 0.379 e. The van der Waals surface area contributed by atoms with Gasteiger partial charge in [-0.1, -0.05) is 24.6 Å². The van der Waals surface area contributed by atoms with Gasteiger partial charge in [0.1, 0.15) is 18.4 Å². The Morgan fingerprint density at radius 1 is 0.941 bits per heavy atom. The molecule has 0 aliphatic heterocycles. The predicted molar refractivity (Wildman–Crippen MR) is 129 cm³/mol. The summed E-state index contributed by atoms with van der Waals surface area (Å²) in [6, 6.07) is 6.51. The van der Waals surface area contributed by atoms with Gasteiger partial charge < -0.3 is 25.8 Å². The number of rotatable bonds is 19. The van der Waals surface area contributed by atoms with Gasteiger partial charge in [0.15, 0.2) is 0 Å². The lowest BCUT2D eigenvalue weighted by Crippen LogP contribution is -2.45. The summed E-state index contributed by atoms with van der Waals surface area (Å²) < 4.78 is 10.6. The molecule has 3 amide bonds. The molecule has 0 aromatic heterocycles. The molecule has 0 aliphatic carbocycles. The summed E-state index contributed by atoms with van der Waals surface area (Å²) in [6.07, 6.45) is 4.29. The minimum Gasteiger partial charge on any atom is -0.379 e. The molecule has 190 valence electrons. The van der Waals surface area contributed by atoms with Gasteiger partial charge in [-0.15, -0.1) is 0 Å². The number of hydrogen-bond acceptors (Lipinski definition) is 6. The van der Waals surface area contributed by atoms with Gasteiger partial charge in [0, 0.05) is 31.6 Å². The maximum atomic E-state index is 12.1. The van der Waals surface area contributed by atoms with Crippen LogP contribution in [0.5, 0.6) is 0 Å². The second-order valence-corrected chi connectivity index (χ2v) is 8.20. The van der Waals surface area contributed by atoms with E-state index in [1.807, 2.05) is 26.0 Å². The zero-order valence-electron chi connectivity index (χ0n) is 20.4. The molecule has 0 heterocycles. The number of amides is 3. The summed E-state index contributed by atoms with van der Waals surface area (Å²) in [5, 5.41) is 5.41. The molecule has 4 N–H and O–H groups in total. The molecule has 34 heavy (non-hydrogen) atoms. The normalized spacial score (nSPS) is 11.6. The number of carbonyl (C=O) groups excluding carboxylic acids is 4. The van der Waals surface area contributed by atoms with E-state index in [4.69, 9.17) is 15.2 Å². The van der Waals surface area contributed by atoms with Crippen molar-refractivity contribution in [1.29, 1.82) is 0 Å². The topological polar surface area (TPSA) is 137 Å². The summed E-state index contributed by atoms with van der Waals surface area (Å²) in [7, 11) is 0. The first-order valence-corrected chi connectivity index (χ1v) is 11.9. The van der Waals surface area contributed by atoms with Crippen molar-refractivity contribution in [1.82, 2.24) is 10.6 Å². The minimum atomic E-state index is -0.791. The van der Waals surface area contributed by atoms with E-state index in [2.05, 4.69) is 10.6 Å². The molecular weight excluding hydrogens is 438 g/mol. The van der Waals surface area contributed by atoms with Crippen molar-refractivity contribution in [2.45, 2.75) is 64.8 Å². The molecule has 1 unspecified atom stereocenters. The van der Waals surface area contributed by atoms with Gasteiger partial charge in [-0.3, -0.25) is 19.2 Å². The predicted octanol–water partition coefficient (Wildman–Crippen LogP) is 2.05. The molecule has 1 atom stereocenters. The number of carbonyl (C=O) groups is 4. The van der Waals surface area contributed by atoms with Crippen LogP contribution < -0.4 is 16.4 Å². The number of ether oxygens (including phenoxy) is 2. The summed E-state index contributed by atoms with van der Waals surface area (Å²) in [4.78, 5) is 47.1. The fraction of sp³-hybridized carbons (Fsp3) is 0.600. The second-order valence-electron chi connectivity index (χ2n) is 8.20. The highest BCUT2D eigenvalue weighted by atomic mass is 16.5. The minimum absolute atomic E-state index is 0.147. The Bertz CT molecular complexity index is 766. The van der Waals surface area contributed by atoms with Crippen LogP contribution in [0.15, 0.2) is 24.3 Å². The Hall–Kier alpha value is -2.78. The van der Waals surface area contributed by atoms with Crippen LogP contribution in [0.1, 0.15) is 67.8 Å². The standard InChI is InChI=1S/C25H39N3O6/c1-3-7-21(29)8-6-15-33-16-17-34-18-23(30)28-22(24(26)31)9-4-5-14-27-25(32)20-12-10-19(2)11-13-20/h10-13,22H,3-9,14-18H2,1-2H3,(H2,26,31)(H,27,32)(H,28,30). The Balaban J connectivity index is 2.12. The lowest BCUT2D eigenvalue weighted by atomic mass is 10.1. The van der Waals surface area contributed by atoms with E-state index in [1.54, 1.807) is 12.1 Å². The second kappa shape index (κ2) is 17.7. The highest BCUT2D eigenvalue weighted by Gasteiger charge is 2.17. The molecule has 0 spiro atoms. The van der Waals surface area contributed by atoms with E-state index < -0.39 is 17.9 Å². The van der Waals surface area contributed by atoms with Gasteiger partial charge >= 0.3 is 0 Å². The lowest BCUT2D eigenvalue weighted by molar-refractivity contribution is -0.130. The molecule has 9 heteroatoms. The molecule has 1 rings (SSSR count). The highest BCUT2D eigenvalue weighted by molar-refractivity contribution is 5.94. The van der Waals surface area contributed by atoms with E-state index in [9.17, 15) is 19.2 Å². The molecule has 0 fully saturated rings. The number of benzene rings is 1. The van der Waals surface area contributed by atoms with Crippen LogP contribution in [0.4, 0.5) is 0 Å². The van der Waals surface area contributed by atoms with Crippen molar-refractivity contribution < 1.29 is 28.7 Å². The van der Waals surface area contributed by atoms with Gasteiger partial charge in [-0.2, -0.15) is 0 Å². The van der Waals surface area contributed by atoms with Crippen LogP contribution in [0, 0.1) is 6.92 Å². The first-order valence-electron chi connectivity index (χ1n) is 11.9. The van der Waals surface area contributed by atoms with Gasteiger partial charge in [-0.05, 0) is 51.2 Å². The first kappa shape index (κ1) is 29.3. The Morgan fingerprint density at radius 3 is 2.32 bits per heavy atom. The molecule has 0 radical (unpaired) electrons. The van der Waals surface area contributed by atoms with E-state index in [-0.39, 0.29) is 24.9 Å². The zero-order valence-corrected chi connectivity index (χ0v) is 20.4. The number of primary amides is 1. The van der Waals surface area contributed by atoms with E-state index in [0.29, 0.717) is 63.8 Å². The van der Waals surface area contributed by atoms with Gasteiger partial charge in [0.25, 0.3) is 5.91 Å². The average molecular weight is 478 g/mol. The summed E-state index contributed by atoms with van der Waals surface area (Å²) in [5.74, 6) is -0.944. The van der Waals surface area contributed by atoms with Crippen molar-refractivity contribution in [3.05, 3.63) is 35.4 Å². The lowest BCUT2D eigenvalue weighted by Gasteiger charge is -2.15. The van der Waals surface area contributed by atoms with Crippen molar-refractivity contribution in [2.75, 3.05) is 33.0 Å². The molecular formula is C25H39N3O6. The third kappa shape index (κ3) is 13.7. The van der Waals surface area contributed by atoms with Gasteiger partial charge in [0.2, 0.25) is 11.8 Å². The van der Waals surface area contributed by atoms with Gasteiger partial charge in [-0.25, -0.2) is 0 Å². The quantitative estimate of drug-likeness (QED) is 0.261. The fourth-order valence-corrected chi connectivity index (χ4v) is 3.16. The Morgan fingerprint density at radius 2 is 1.65 bits per heavy atom. The first-order chi connectivity index (χ1) is 16.3. The molecule has 0 bridgehead atoms. The summed E-state index contributed by atoms with van der Waals surface area (Å²) in [5.41, 5.74) is 7.07. The van der Waals surface area contributed by atoms with E-state index in [1.165, 1.54) is 0 Å². The SMILES string of the molecule is CCCC(=O)CCCOCCOCC(=O)NC(CCCCNC(=O)c1ccc(C)cc1)C(N)=O. The van der Waals surface area contributed by atoms with Crippen LogP contribution >= 0.6 is 0 Å². The van der Waals surface area contributed by atoms with Crippen molar-refractivity contribution in [2.24, 2.45) is 5.73 Å². The Kier molecular flexibility index (Phi) is 15.2. The molecule has 9 nitrogen and oxygen atoms in total. The van der Waals surface area contributed by atoms with Gasteiger partial charge in [0.05, 0.1) is 13.2 Å². The van der Waals surface area contributed by atoms with Crippen LogP contribution in [0.2, 0.25) is 0 Å². The Labute approximate surface area is 202 Å². The van der Waals surface area contributed by atoms with Crippen LogP contribution in [0.25, 0.3) is 0 Å². The van der Waals surface area contributed by atoms with Crippen molar-refractivity contribution in [3.63, 3.8) is 0 Å². The molecule has 0 aliphatic rings. The van der Waals surface area contributed by atoms with Crippen LogP contribution in [0.3, 0.4) is 0 Å². The number of unbranched alkanes of at least 4 members (excludes halogenated alkanes) is 1. The summed E-state index contributed by atoms with van der Waals surface area (Å²) >= 11 is 0. The monoisotopic (exact) mass is 477 g/mol. The summed E-state index contributed by atoms with van der Waals surface area (Å²) in [6.45, 7) is 5.22. The number of aryl methyl sites for hydroxylation is 1. The fourth-order valence-electron chi connectivity index (χ4n) is 3.16. The number of hydrogen-bond donors (Lipinski definition) is 3. The zero-order chi connectivity index (χ0) is 25.2. The number of nitrogens with one attached hydrogen (secondary N) is 2. The third-order valence-electron chi connectivity index (χ3n) is 5.08. The average Bonchev–Trinajstić information content (AvgIpc) is 2.80. The molecule has 0 saturated heterocycles. The van der Waals surface area contributed by atoms with Crippen LogP contribution in [-0.4, -0.2) is 62.5 Å². The van der Waals surface area contributed by atoms with Crippen molar-refractivity contribution >= 4 is 23.5 Å². The maximum absolute atomic E-state index is 12.1. The van der Waals surface area contributed by atoms with Crippen molar-refractivity contribution in [3.8, 4) is 0 Å².